The Labute approximate surface area is 227 Å². The number of hydrogen-bond donors (Lipinski definition) is 2. The molecule has 6 rings (SSSR count). The van der Waals surface area contributed by atoms with E-state index in [-0.39, 0.29) is 5.56 Å². The molecule has 1 aliphatic rings. The maximum absolute atomic E-state index is 13.4. The van der Waals surface area contributed by atoms with Crippen molar-refractivity contribution >= 4 is 21.9 Å². The van der Waals surface area contributed by atoms with Crippen LogP contribution in [-0.2, 0) is 13.1 Å². The molecular formula is C31H35N6O2+. The number of nitrogens with zero attached hydrogens (tertiary/aromatic N) is 4. The third kappa shape index (κ3) is 5.44. The Bertz CT molecular complexity index is 1650. The van der Waals surface area contributed by atoms with Gasteiger partial charge in [-0.15, -0.1) is 0 Å². The number of ether oxygens (including phenoxy) is 1. The lowest BCUT2D eigenvalue weighted by molar-refractivity contribution is -0.662. The molecule has 2 aromatic heterocycles. The zero-order valence-electron chi connectivity index (χ0n) is 22.6. The molecule has 39 heavy (non-hydrogen) atoms. The first-order chi connectivity index (χ1) is 19.1. The Morgan fingerprint density at radius 3 is 2.62 bits per heavy atom. The molecule has 8 nitrogen and oxygen atoms in total. The number of fused-ring (bicyclic) bond motifs is 2. The van der Waals surface area contributed by atoms with Gasteiger partial charge in [0.15, 0.2) is 11.0 Å². The predicted molar refractivity (Wildman–Crippen MR) is 154 cm³/mol. The maximum Gasteiger partial charge on any atom is 0.259 e. The van der Waals surface area contributed by atoms with Crippen molar-refractivity contribution in [2.45, 2.75) is 26.4 Å². The zero-order chi connectivity index (χ0) is 26.8. The number of hydrogen-bond acceptors (Lipinski definition) is 5. The summed E-state index contributed by atoms with van der Waals surface area (Å²) in [6, 6.07) is 20.4. The summed E-state index contributed by atoms with van der Waals surface area (Å²) in [6.07, 6.45) is 2.85. The van der Waals surface area contributed by atoms with Crippen molar-refractivity contribution in [2.24, 2.45) is 0 Å². The lowest BCUT2D eigenvalue weighted by atomic mass is 10.1. The van der Waals surface area contributed by atoms with Crippen molar-refractivity contribution < 1.29 is 9.30 Å². The van der Waals surface area contributed by atoms with Crippen LogP contribution in [0.5, 0.6) is 5.75 Å². The third-order valence-corrected chi connectivity index (χ3v) is 7.47. The Morgan fingerprint density at radius 1 is 1.00 bits per heavy atom. The van der Waals surface area contributed by atoms with Crippen molar-refractivity contribution in [3.05, 3.63) is 88.5 Å². The second kappa shape index (κ2) is 11.0. The fraction of sp³-hybridized carbons (Fsp3) is 0.323. The fourth-order valence-electron chi connectivity index (χ4n) is 5.25. The molecular weight excluding hydrogens is 488 g/mol. The molecule has 0 radical (unpaired) electrons. The van der Waals surface area contributed by atoms with Crippen LogP contribution in [0.4, 0.5) is 0 Å². The number of rotatable bonds is 8. The highest BCUT2D eigenvalue weighted by atomic mass is 16.5. The van der Waals surface area contributed by atoms with E-state index in [0.717, 1.165) is 61.5 Å². The van der Waals surface area contributed by atoms with Gasteiger partial charge in [0.25, 0.3) is 5.56 Å². The van der Waals surface area contributed by atoms with Gasteiger partial charge in [0.2, 0.25) is 6.33 Å². The summed E-state index contributed by atoms with van der Waals surface area (Å²) in [6.45, 7) is 8.50. The second-order valence-electron chi connectivity index (χ2n) is 10.4. The summed E-state index contributed by atoms with van der Waals surface area (Å²) < 4.78 is 8.21. The van der Waals surface area contributed by atoms with Crippen LogP contribution in [0.1, 0.15) is 24.5 Å². The lowest BCUT2D eigenvalue weighted by Gasteiger charge is -2.32. The van der Waals surface area contributed by atoms with Gasteiger partial charge in [0, 0.05) is 44.9 Å². The van der Waals surface area contributed by atoms with Crippen LogP contribution < -0.4 is 14.9 Å². The highest BCUT2D eigenvalue weighted by Crippen LogP contribution is 2.30. The van der Waals surface area contributed by atoms with Crippen LogP contribution in [-0.4, -0.2) is 64.6 Å². The highest BCUT2D eigenvalue weighted by Gasteiger charge is 2.19. The SMILES string of the molecule is CCCOc1ccc(CN2CCN(C)CC2)cc1-c1nc2cc3[nH]c[n+](Cc4ccccc4)c3cc2c(=O)[nH]1. The number of piperazine rings is 1. The molecule has 3 aromatic carbocycles. The van der Waals surface area contributed by atoms with E-state index in [2.05, 4.69) is 62.6 Å². The number of nitrogens with one attached hydrogen (secondary N) is 2. The zero-order valence-corrected chi connectivity index (χ0v) is 22.6. The van der Waals surface area contributed by atoms with Gasteiger partial charge in [0.1, 0.15) is 18.1 Å². The van der Waals surface area contributed by atoms with E-state index in [1.54, 1.807) is 0 Å². The summed E-state index contributed by atoms with van der Waals surface area (Å²) in [5.74, 6) is 1.27. The van der Waals surface area contributed by atoms with Crippen LogP contribution in [0.25, 0.3) is 33.3 Å². The molecule has 200 valence electrons. The largest absolute Gasteiger partial charge is 0.493 e. The second-order valence-corrected chi connectivity index (χ2v) is 10.4. The van der Waals surface area contributed by atoms with Gasteiger partial charge in [-0.3, -0.25) is 9.69 Å². The van der Waals surface area contributed by atoms with Crippen molar-refractivity contribution in [1.82, 2.24) is 24.8 Å². The molecule has 1 fully saturated rings. The Hall–Kier alpha value is -4.01. The van der Waals surface area contributed by atoms with E-state index < -0.39 is 0 Å². The summed E-state index contributed by atoms with van der Waals surface area (Å²) >= 11 is 0. The average Bonchev–Trinajstić information content (AvgIpc) is 3.34. The normalized spacial score (nSPS) is 14.8. The molecule has 0 bridgehead atoms. The van der Waals surface area contributed by atoms with Crippen molar-refractivity contribution in [3.63, 3.8) is 0 Å². The summed E-state index contributed by atoms with van der Waals surface area (Å²) in [4.78, 5) is 29.6. The Kier molecular flexibility index (Phi) is 7.13. The molecule has 1 aliphatic heterocycles. The highest BCUT2D eigenvalue weighted by molar-refractivity contribution is 5.91. The maximum atomic E-state index is 13.4. The summed E-state index contributed by atoms with van der Waals surface area (Å²) in [7, 11) is 2.17. The molecule has 0 atom stereocenters. The lowest BCUT2D eigenvalue weighted by Crippen LogP contribution is -2.43. The predicted octanol–water partition coefficient (Wildman–Crippen LogP) is 3.94. The van der Waals surface area contributed by atoms with Gasteiger partial charge >= 0.3 is 0 Å². The van der Waals surface area contributed by atoms with Crippen molar-refractivity contribution in [2.75, 3.05) is 39.8 Å². The van der Waals surface area contributed by atoms with Crippen LogP contribution >= 0.6 is 0 Å². The van der Waals surface area contributed by atoms with E-state index in [1.807, 2.05) is 42.7 Å². The number of H-pyrrole nitrogens is 2. The minimum atomic E-state index is -0.157. The molecule has 0 unspecified atom stereocenters. The standard InChI is InChI=1S/C31H34N6O2/c1-3-15-39-29-10-9-23(19-36-13-11-35(2)12-14-36)16-25(29)30-33-26-18-27-28(17-24(26)31(38)34-30)37(21-32-27)20-22-7-5-4-6-8-22/h4-10,16-18,21H,3,11-15,19-20H2,1-2H3,(H,33,34,38)/p+1. The van der Waals surface area contributed by atoms with Gasteiger partial charge in [0.05, 0.1) is 23.1 Å². The molecule has 5 aromatic rings. The number of imidazole rings is 1. The van der Waals surface area contributed by atoms with Gasteiger partial charge in [-0.2, -0.15) is 0 Å². The Balaban J connectivity index is 1.37. The van der Waals surface area contributed by atoms with Crippen LogP contribution in [0.3, 0.4) is 0 Å². The number of likely N-dealkylation sites (N-methyl/N-ethyl adjacent to an activating group) is 1. The van der Waals surface area contributed by atoms with Crippen LogP contribution in [0.2, 0.25) is 0 Å². The average molecular weight is 524 g/mol. The van der Waals surface area contributed by atoms with E-state index in [0.29, 0.717) is 29.9 Å². The topological polar surface area (TPSA) is 81.1 Å². The van der Waals surface area contributed by atoms with Gasteiger partial charge < -0.3 is 14.6 Å². The smallest absolute Gasteiger partial charge is 0.259 e. The summed E-state index contributed by atoms with van der Waals surface area (Å²) in [5.41, 5.74) is 5.60. The van der Waals surface area contributed by atoms with Gasteiger partial charge in [-0.25, -0.2) is 14.5 Å². The molecule has 0 spiro atoms. The van der Waals surface area contributed by atoms with E-state index >= 15 is 0 Å². The monoisotopic (exact) mass is 523 g/mol. The number of aromatic nitrogens is 4. The van der Waals surface area contributed by atoms with E-state index in [4.69, 9.17) is 9.72 Å². The van der Waals surface area contributed by atoms with Crippen molar-refractivity contribution in [1.29, 1.82) is 0 Å². The van der Waals surface area contributed by atoms with Gasteiger partial charge in [-0.05, 0) is 36.7 Å². The first kappa shape index (κ1) is 25.3. The first-order valence-electron chi connectivity index (χ1n) is 13.7. The molecule has 0 aliphatic carbocycles. The minimum Gasteiger partial charge on any atom is -0.493 e. The minimum absolute atomic E-state index is 0.157. The molecule has 0 saturated carbocycles. The van der Waals surface area contributed by atoms with Crippen LogP contribution in [0.15, 0.2) is 71.8 Å². The van der Waals surface area contributed by atoms with E-state index in [9.17, 15) is 4.79 Å². The van der Waals surface area contributed by atoms with Crippen molar-refractivity contribution in [3.8, 4) is 17.1 Å². The Morgan fingerprint density at radius 2 is 1.82 bits per heavy atom. The third-order valence-electron chi connectivity index (χ3n) is 7.47. The molecule has 8 heteroatoms. The molecule has 0 amide bonds. The molecule has 1 saturated heterocycles. The van der Waals surface area contributed by atoms with Gasteiger partial charge in [-0.1, -0.05) is 43.3 Å². The number of aromatic amines is 2. The molecule has 3 heterocycles. The molecule has 2 N–H and O–H groups in total. The fourth-order valence-corrected chi connectivity index (χ4v) is 5.25. The first-order valence-corrected chi connectivity index (χ1v) is 13.7. The van der Waals surface area contributed by atoms with E-state index in [1.165, 1.54) is 11.1 Å². The quantitative estimate of drug-likeness (QED) is 0.301. The number of benzene rings is 3. The van der Waals surface area contributed by atoms with Crippen LogP contribution in [0, 0.1) is 0 Å². The summed E-state index contributed by atoms with van der Waals surface area (Å²) in [5, 5.41) is 0.567.